The van der Waals surface area contributed by atoms with Crippen molar-refractivity contribution in [1.29, 1.82) is 0 Å². The van der Waals surface area contributed by atoms with E-state index in [-0.39, 0.29) is 6.04 Å². The van der Waals surface area contributed by atoms with Gasteiger partial charge in [0, 0.05) is 24.2 Å². The van der Waals surface area contributed by atoms with Gasteiger partial charge in [-0.1, -0.05) is 36.8 Å². The van der Waals surface area contributed by atoms with Crippen molar-refractivity contribution < 1.29 is 0 Å². The van der Waals surface area contributed by atoms with Crippen molar-refractivity contribution in [2.45, 2.75) is 30.6 Å². The highest BCUT2D eigenvalue weighted by Gasteiger charge is 2.18. The lowest BCUT2D eigenvalue weighted by Gasteiger charge is -2.26. The Labute approximate surface area is 131 Å². The van der Waals surface area contributed by atoms with E-state index in [0.29, 0.717) is 0 Å². The molecule has 110 valence electrons. The maximum atomic E-state index is 4.14. The molecule has 21 heavy (non-hydrogen) atoms. The first-order chi connectivity index (χ1) is 10.4. The minimum absolute atomic E-state index is 0.261. The van der Waals surface area contributed by atoms with Gasteiger partial charge in [-0.25, -0.2) is 0 Å². The van der Waals surface area contributed by atoms with Gasteiger partial charge in [-0.3, -0.25) is 4.98 Å². The molecule has 2 aromatic rings. The Kier molecular flexibility index (Phi) is 5.30. The molecular formula is C18H22N2S. The summed E-state index contributed by atoms with van der Waals surface area (Å²) in [6, 6.07) is 15.2. The van der Waals surface area contributed by atoms with E-state index in [1.54, 1.807) is 0 Å². The van der Waals surface area contributed by atoms with Crippen LogP contribution in [0, 0.1) is 0 Å². The maximum Gasteiger partial charge on any atom is 0.0578 e. The third-order valence-electron chi connectivity index (χ3n) is 4.00. The average Bonchev–Trinajstić information content (AvgIpc) is 2.58. The van der Waals surface area contributed by atoms with Gasteiger partial charge in [-0.2, -0.15) is 11.8 Å². The Balaban J connectivity index is 1.73. The number of nitrogens with zero attached hydrogens (tertiary/aromatic N) is 1. The fourth-order valence-corrected chi connectivity index (χ4v) is 4.10. The molecule has 1 aliphatic rings. The molecule has 0 radical (unpaired) electrons. The lowest BCUT2D eigenvalue weighted by molar-refractivity contribution is 0.557. The van der Waals surface area contributed by atoms with Gasteiger partial charge in [0.05, 0.1) is 6.04 Å². The number of thioether (sulfide) groups is 1. The Bertz CT molecular complexity index is 484. The highest BCUT2D eigenvalue weighted by Crippen LogP contribution is 2.26. The fourth-order valence-electron chi connectivity index (χ4n) is 2.85. The predicted molar refractivity (Wildman–Crippen MR) is 90.6 cm³/mol. The molecule has 0 amide bonds. The molecule has 1 saturated heterocycles. The first kappa shape index (κ1) is 14.6. The largest absolute Gasteiger partial charge is 0.305 e. The molecule has 3 heteroatoms. The van der Waals surface area contributed by atoms with E-state index < -0.39 is 0 Å². The number of rotatable bonds is 5. The van der Waals surface area contributed by atoms with Crippen LogP contribution < -0.4 is 5.32 Å². The number of hydrogen-bond donors (Lipinski definition) is 1. The zero-order chi connectivity index (χ0) is 14.3. The van der Waals surface area contributed by atoms with Crippen LogP contribution in [0.3, 0.4) is 0 Å². The van der Waals surface area contributed by atoms with E-state index in [9.17, 15) is 0 Å². The highest BCUT2D eigenvalue weighted by molar-refractivity contribution is 7.99. The molecule has 0 saturated carbocycles. The Morgan fingerprint density at radius 2 is 1.81 bits per heavy atom. The smallest absolute Gasteiger partial charge is 0.0578 e. The van der Waals surface area contributed by atoms with E-state index in [0.717, 1.165) is 11.8 Å². The maximum absolute atomic E-state index is 4.14. The summed E-state index contributed by atoms with van der Waals surface area (Å²) in [5.41, 5.74) is 2.61. The molecule has 2 heterocycles. The third-order valence-corrected chi connectivity index (χ3v) is 5.39. The summed E-state index contributed by atoms with van der Waals surface area (Å²) in [5.74, 6) is 1.32. The highest BCUT2D eigenvalue weighted by atomic mass is 32.2. The topological polar surface area (TPSA) is 24.9 Å². The standard InChI is InChI=1S/C18H22N2S/c1-2-6-15(7-3-1)18(16-9-11-19-12-10-16)20-14-17-8-4-5-13-21-17/h1-3,6-7,9-12,17-18,20H,4-5,8,13-14H2. The quantitative estimate of drug-likeness (QED) is 0.901. The molecular weight excluding hydrogens is 276 g/mol. The zero-order valence-electron chi connectivity index (χ0n) is 12.2. The van der Waals surface area contributed by atoms with Gasteiger partial charge >= 0.3 is 0 Å². The summed E-state index contributed by atoms with van der Waals surface area (Å²) in [6.45, 7) is 1.08. The van der Waals surface area contributed by atoms with Crippen molar-refractivity contribution in [3.8, 4) is 0 Å². The SMILES string of the molecule is c1ccc(C(NCC2CCCCS2)c2ccncc2)cc1. The molecule has 2 unspecified atom stereocenters. The average molecular weight is 298 g/mol. The van der Waals surface area contributed by atoms with Gasteiger partial charge in [0.2, 0.25) is 0 Å². The normalized spacial score (nSPS) is 20.1. The second-order valence-electron chi connectivity index (χ2n) is 5.52. The fraction of sp³-hybridized carbons (Fsp3) is 0.389. The summed E-state index contributed by atoms with van der Waals surface area (Å²) < 4.78 is 0. The van der Waals surface area contributed by atoms with Crippen molar-refractivity contribution in [3.63, 3.8) is 0 Å². The molecule has 1 aliphatic heterocycles. The molecule has 1 fully saturated rings. The summed E-state index contributed by atoms with van der Waals surface area (Å²) in [6.07, 6.45) is 7.86. The summed E-state index contributed by atoms with van der Waals surface area (Å²) in [7, 11) is 0. The molecule has 2 nitrogen and oxygen atoms in total. The third kappa shape index (κ3) is 4.08. The molecule has 0 aliphatic carbocycles. The number of nitrogens with one attached hydrogen (secondary N) is 1. The van der Waals surface area contributed by atoms with Crippen molar-refractivity contribution in [3.05, 3.63) is 66.0 Å². The predicted octanol–water partition coefficient (Wildman–Crippen LogP) is 4.05. The summed E-state index contributed by atoms with van der Waals surface area (Å²) >= 11 is 2.12. The van der Waals surface area contributed by atoms with Gasteiger partial charge in [-0.05, 0) is 41.9 Å². The molecule has 1 aromatic carbocycles. The number of pyridine rings is 1. The van der Waals surface area contributed by atoms with Crippen LogP contribution >= 0.6 is 11.8 Å². The van der Waals surface area contributed by atoms with E-state index >= 15 is 0 Å². The van der Waals surface area contributed by atoms with Crippen molar-refractivity contribution in [2.75, 3.05) is 12.3 Å². The Hall–Kier alpha value is -1.32. The van der Waals surface area contributed by atoms with Gasteiger partial charge in [0.25, 0.3) is 0 Å². The Morgan fingerprint density at radius 3 is 2.52 bits per heavy atom. The van der Waals surface area contributed by atoms with Gasteiger partial charge in [0.1, 0.15) is 0 Å². The van der Waals surface area contributed by atoms with Crippen LogP contribution in [0.5, 0.6) is 0 Å². The molecule has 1 aromatic heterocycles. The first-order valence-electron chi connectivity index (χ1n) is 7.73. The van der Waals surface area contributed by atoms with Gasteiger partial charge in [0.15, 0.2) is 0 Å². The molecule has 2 atom stereocenters. The molecule has 3 rings (SSSR count). The minimum Gasteiger partial charge on any atom is -0.305 e. The van der Waals surface area contributed by atoms with E-state index in [2.05, 4.69) is 64.5 Å². The van der Waals surface area contributed by atoms with Crippen molar-refractivity contribution >= 4 is 11.8 Å². The zero-order valence-corrected chi connectivity index (χ0v) is 13.1. The molecule has 1 N–H and O–H groups in total. The lowest BCUT2D eigenvalue weighted by atomic mass is 9.99. The van der Waals surface area contributed by atoms with E-state index in [4.69, 9.17) is 0 Å². The van der Waals surface area contributed by atoms with Crippen LogP contribution in [-0.4, -0.2) is 22.5 Å². The van der Waals surface area contributed by atoms with Gasteiger partial charge < -0.3 is 5.32 Å². The van der Waals surface area contributed by atoms with Gasteiger partial charge in [-0.15, -0.1) is 0 Å². The second kappa shape index (κ2) is 7.62. The number of hydrogen-bond acceptors (Lipinski definition) is 3. The van der Waals surface area contributed by atoms with Crippen LogP contribution in [0.1, 0.15) is 36.4 Å². The van der Waals surface area contributed by atoms with Crippen LogP contribution in [-0.2, 0) is 0 Å². The number of benzene rings is 1. The summed E-state index contributed by atoms with van der Waals surface area (Å²) in [5, 5.41) is 4.53. The van der Waals surface area contributed by atoms with Crippen LogP contribution in [0.25, 0.3) is 0 Å². The lowest BCUT2D eigenvalue weighted by Crippen LogP contribution is -2.31. The van der Waals surface area contributed by atoms with Crippen LogP contribution in [0.15, 0.2) is 54.9 Å². The van der Waals surface area contributed by atoms with E-state index in [1.165, 1.54) is 36.1 Å². The van der Waals surface area contributed by atoms with E-state index in [1.807, 2.05) is 12.4 Å². The number of aromatic nitrogens is 1. The minimum atomic E-state index is 0.261. The first-order valence-corrected chi connectivity index (χ1v) is 8.78. The second-order valence-corrected chi connectivity index (χ2v) is 6.93. The van der Waals surface area contributed by atoms with Crippen molar-refractivity contribution in [2.24, 2.45) is 0 Å². The summed E-state index contributed by atoms with van der Waals surface area (Å²) in [4.78, 5) is 4.14. The van der Waals surface area contributed by atoms with Crippen LogP contribution in [0.4, 0.5) is 0 Å². The molecule has 0 bridgehead atoms. The monoisotopic (exact) mass is 298 g/mol. The Morgan fingerprint density at radius 1 is 1.05 bits per heavy atom. The van der Waals surface area contributed by atoms with Crippen LogP contribution in [0.2, 0.25) is 0 Å². The van der Waals surface area contributed by atoms with Crippen molar-refractivity contribution in [1.82, 2.24) is 10.3 Å². The molecule has 0 spiro atoms.